The van der Waals surface area contributed by atoms with Gasteiger partial charge in [-0.05, 0) is 32.9 Å². The number of hydrogen-bond donors (Lipinski definition) is 1. The lowest BCUT2D eigenvalue weighted by atomic mass is 10.0. The van der Waals surface area contributed by atoms with Crippen molar-refractivity contribution in [2.24, 2.45) is 5.92 Å². The van der Waals surface area contributed by atoms with Gasteiger partial charge in [0, 0.05) is 24.6 Å². The fraction of sp³-hybridized carbons (Fsp3) is 0.600. The van der Waals surface area contributed by atoms with Gasteiger partial charge in [-0.3, -0.25) is 0 Å². The Morgan fingerprint density at radius 3 is 2.65 bits per heavy atom. The van der Waals surface area contributed by atoms with E-state index in [0.29, 0.717) is 5.92 Å². The summed E-state index contributed by atoms with van der Waals surface area (Å²) < 4.78 is 7.63. The average Bonchev–Trinajstić information content (AvgIpc) is 2.92. The smallest absolute Gasteiger partial charge is 0.138 e. The van der Waals surface area contributed by atoms with Gasteiger partial charge >= 0.3 is 0 Å². The molecule has 110 valence electrons. The molecule has 2 heterocycles. The Morgan fingerprint density at radius 1 is 1.35 bits per heavy atom. The van der Waals surface area contributed by atoms with Crippen molar-refractivity contribution in [3.63, 3.8) is 0 Å². The first-order valence-electron chi connectivity index (χ1n) is 7.12. The molecule has 0 spiro atoms. The van der Waals surface area contributed by atoms with Gasteiger partial charge in [0.1, 0.15) is 23.7 Å². The Labute approximate surface area is 120 Å². The number of furan rings is 1. The Bertz CT molecular complexity index is 556. The van der Waals surface area contributed by atoms with E-state index in [4.69, 9.17) is 4.42 Å². The van der Waals surface area contributed by atoms with Crippen LogP contribution < -0.4 is 5.32 Å². The van der Waals surface area contributed by atoms with Crippen LogP contribution >= 0.6 is 0 Å². The minimum Gasteiger partial charge on any atom is -0.466 e. The molecule has 0 radical (unpaired) electrons. The summed E-state index contributed by atoms with van der Waals surface area (Å²) >= 11 is 0. The molecule has 0 aliphatic carbocycles. The normalized spacial score (nSPS) is 13.1. The molecule has 2 aromatic rings. The minimum atomic E-state index is 0.197. The van der Waals surface area contributed by atoms with Crippen LogP contribution in [0.1, 0.15) is 42.8 Å². The highest BCUT2D eigenvalue weighted by molar-refractivity contribution is 5.25. The van der Waals surface area contributed by atoms with Gasteiger partial charge in [-0.15, -0.1) is 0 Å². The van der Waals surface area contributed by atoms with Gasteiger partial charge in [0.25, 0.3) is 0 Å². The summed E-state index contributed by atoms with van der Waals surface area (Å²) in [6.07, 6.45) is 2.45. The number of nitrogens with zero attached hydrogens (tertiary/aromatic N) is 3. The SMILES string of the molecule is CNC(Cc1ncnn1CC(C)C)c1cc(C)oc1C. The van der Waals surface area contributed by atoms with Crippen LogP contribution in [0.3, 0.4) is 0 Å². The monoisotopic (exact) mass is 276 g/mol. The molecule has 1 atom stereocenters. The predicted octanol–water partition coefficient (Wildman–Crippen LogP) is 2.65. The van der Waals surface area contributed by atoms with Crippen LogP contribution in [0.5, 0.6) is 0 Å². The second-order valence-electron chi connectivity index (χ2n) is 5.67. The molecule has 0 aromatic carbocycles. The molecule has 0 aliphatic heterocycles. The zero-order chi connectivity index (χ0) is 14.7. The molecule has 0 amide bonds. The molecule has 0 bridgehead atoms. The average molecular weight is 276 g/mol. The Hall–Kier alpha value is -1.62. The van der Waals surface area contributed by atoms with Crippen molar-refractivity contribution in [2.45, 2.75) is 46.7 Å². The van der Waals surface area contributed by atoms with E-state index in [0.717, 1.165) is 30.3 Å². The van der Waals surface area contributed by atoms with Crippen molar-refractivity contribution in [2.75, 3.05) is 7.05 Å². The first-order chi connectivity index (χ1) is 9.51. The molecule has 0 fully saturated rings. The molecular weight excluding hydrogens is 252 g/mol. The van der Waals surface area contributed by atoms with Crippen molar-refractivity contribution >= 4 is 0 Å². The molecular formula is C15H24N4O. The zero-order valence-corrected chi connectivity index (χ0v) is 13.0. The Morgan fingerprint density at radius 2 is 2.10 bits per heavy atom. The second-order valence-corrected chi connectivity index (χ2v) is 5.67. The highest BCUT2D eigenvalue weighted by atomic mass is 16.3. The molecule has 20 heavy (non-hydrogen) atoms. The van der Waals surface area contributed by atoms with Gasteiger partial charge < -0.3 is 9.73 Å². The highest BCUT2D eigenvalue weighted by Crippen LogP contribution is 2.24. The topological polar surface area (TPSA) is 55.9 Å². The fourth-order valence-electron chi connectivity index (χ4n) is 2.49. The number of likely N-dealkylation sites (N-methyl/N-ethyl adjacent to an activating group) is 1. The van der Waals surface area contributed by atoms with Gasteiger partial charge in [-0.2, -0.15) is 5.10 Å². The van der Waals surface area contributed by atoms with Crippen molar-refractivity contribution in [3.05, 3.63) is 35.3 Å². The van der Waals surface area contributed by atoms with E-state index in [1.807, 2.05) is 25.6 Å². The number of nitrogens with one attached hydrogen (secondary N) is 1. The van der Waals surface area contributed by atoms with Crippen LogP contribution in [0.15, 0.2) is 16.8 Å². The van der Waals surface area contributed by atoms with Gasteiger partial charge in [-0.1, -0.05) is 13.8 Å². The molecule has 1 N–H and O–H groups in total. The fourth-order valence-corrected chi connectivity index (χ4v) is 2.49. The summed E-state index contributed by atoms with van der Waals surface area (Å²) in [5.74, 6) is 3.48. The summed E-state index contributed by atoms with van der Waals surface area (Å²) in [5, 5.41) is 7.67. The third-order valence-electron chi connectivity index (χ3n) is 3.42. The molecule has 2 rings (SSSR count). The molecule has 5 heteroatoms. The lowest BCUT2D eigenvalue weighted by Crippen LogP contribution is -2.22. The highest BCUT2D eigenvalue weighted by Gasteiger charge is 2.19. The number of rotatable bonds is 6. The Balaban J connectivity index is 2.18. The summed E-state index contributed by atoms with van der Waals surface area (Å²) in [4.78, 5) is 4.40. The van der Waals surface area contributed by atoms with E-state index < -0.39 is 0 Å². The van der Waals surface area contributed by atoms with Gasteiger partial charge in [0.15, 0.2) is 0 Å². The molecule has 5 nitrogen and oxygen atoms in total. The first kappa shape index (κ1) is 14.8. The van der Waals surface area contributed by atoms with Crippen LogP contribution in [-0.2, 0) is 13.0 Å². The van der Waals surface area contributed by atoms with Crippen molar-refractivity contribution in [3.8, 4) is 0 Å². The van der Waals surface area contributed by atoms with E-state index in [-0.39, 0.29) is 6.04 Å². The lowest BCUT2D eigenvalue weighted by Gasteiger charge is -2.16. The summed E-state index contributed by atoms with van der Waals surface area (Å²) in [6.45, 7) is 9.25. The summed E-state index contributed by atoms with van der Waals surface area (Å²) in [5.41, 5.74) is 1.20. The molecule has 0 aliphatic rings. The maximum Gasteiger partial charge on any atom is 0.138 e. The molecule has 0 saturated carbocycles. The van der Waals surface area contributed by atoms with Crippen LogP contribution in [0.4, 0.5) is 0 Å². The second kappa shape index (κ2) is 6.22. The van der Waals surface area contributed by atoms with Crippen LogP contribution in [0, 0.1) is 19.8 Å². The van der Waals surface area contributed by atoms with E-state index >= 15 is 0 Å². The third-order valence-corrected chi connectivity index (χ3v) is 3.42. The lowest BCUT2D eigenvalue weighted by molar-refractivity contribution is 0.447. The van der Waals surface area contributed by atoms with Crippen molar-refractivity contribution in [1.29, 1.82) is 0 Å². The predicted molar refractivity (Wildman–Crippen MR) is 78.5 cm³/mol. The van der Waals surface area contributed by atoms with E-state index in [9.17, 15) is 0 Å². The molecule has 0 saturated heterocycles. The standard InChI is InChI=1S/C15H24N4O/c1-10(2)8-19-15(17-9-18-19)7-14(16-5)13-6-11(3)20-12(13)4/h6,9-10,14,16H,7-8H2,1-5H3. The largest absolute Gasteiger partial charge is 0.466 e. The van der Waals surface area contributed by atoms with Crippen LogP contribution in [0.25, 0.3) is 0 Å². The van der Waals surface area contributed by atoms with E-state index in [2.05, 4.69) is 35.3 Å². The summed E-state index contributed by atoms with van der Waals surface area (Å²) in [7, 11) is 1.97. The van der Waals surface area contributed by atoms with E-state index in [1.54, 1.807) is 6.33 Å². The van der Waals surface area contributed by atoms with Crippen molar-refractivity contribution in [1.82, 2.24) is 20.1 Å². The number of aromatic nitrogens is 3. The summed E-state index contributed by atoms with van der Waals surface area (Å²) in [6, 6.07) is 2.29. The van der Waals surface area contributed by atoms with Crippen molar-refractivity contribution < 1.29 is 4.42 Å². The minimum absolute atomic E-state index is 0.197. The van der Waals surface area contributed by atoms with Gasteiger partial charge in [0.2, 0.25) is 0 Å². The van der Waals surface area contributed by atoms with E-state index in [1.165, 1.54) is 5.56 Å². The van der Waals surface area contributed by atoms with Gasteiger partial charge in [0.05, 0.1) is 0 Å². The third kappa shape index (κ3) is 3.28. The first-order valence-corrected chi connectivity index (χ1v) is 7.12. The Kier molecular flexibility index (Phi) is 4.60. The molecule has 2 aromatic heterocycles. The maximum absolute atomic E-state index is 5.63. The van der Waals surface area contributed by atoms with Crippen LogP contribution in [-0.4, -0.2) is 21.8 Å². The number of aryl methyl sites for hydroxylation is 2. The zero-order valence-electron chi connectivity index (χ0n) is 13.0. The van der Waals surface area contributed by atoms with Crippen LogP contribution in [0.2, 0.25) is 0 Å². The molecule has 1 unspecified atom stereocenters. The number of hydrogen-bond acceptors (Lipinski definition) is 4. The maximum atomic E-state index is 5.63. The van der Waals surface area contributed by atoms with Gasteiger partial charge in [-0.25, -0.2) is 9.67 Å². The quantitative estimate of drug-likeness (QED) is 0.881.